The van der Waals surface area contributed by atoms with Crippen molar-refractivity contribution >= 4 is 40.1 Å². The van der Waals surface area contributed by atoms with E-state index in [1.165, 1.54) is 35.0 Å². The van der Waals surface area contributed by atoms with Crippen LogP contribution in [0.25, 0.3) is 11.3 Å². The number of nitrogens with zero attached hydrogens (tertiary/aromatic N) is 4. The summed E-state index contributed by atoms with van der Waals surface area (Å²) in [5.74, 6) is 0.127. The Bertz CT molecular complexity index is 849. The number of aromatic nitrogens is 4. The molecule has 0 radical (unpaired) electrons. The summed E-state index contributed by atoms with van der Waals surface area (Å²) in [5.41, 5.74) is 8.53. The molecular formula is C15H14N6OS2. The van der Waals surface area contributed by atoms with E-state index in [0.717, 1.165) is 11.3 Å². The average molecular weight is 358 g/mol. The van der Waals surface area contributed by atoms with Gasteiger partial charge in [0.05, 0.1) is 11.4 Å². The van der Waals surface area contributed by atoms with E-state index in [2.05, 4.69) is 25.3 Å². The molecule has 0 unspecified atom stereocenters. The Balaban J connectivity index is 1.58. The molecule has 2 heterocycles. The molecular weight excluding hydrogens is 344 g/mol. The maximum absolute atomic E-state index is 12.0. The van der Waals surface area contributed by atoms with Crippen LogP contribution in [-0.4, -0.2) is 31.6 Å². The van der Waals surface area contributed by atoms with Crippen LogP contribution < -0.4 is 11.1 Å². The first-order valence-electron chi connectivity index (χ1n) is 7.00. The van der Waals surface area contributed by atoms with Gasteiger partial charge < -0.3 is 11.1 Å². The predicted molar refractivity (Wildman–Crippen MR) is 95.9 cm³/mol. The van der Waals surface area contributed by atoms with Gasteiger partial charge >= 0.3 is 0 Å². The van der Waals surface area contributed by atoms with Crippen molar-refractivity contribution < 1.29 is 4.79 Å². The van der Waals surface area contributed by atoms with Crippen LogP contribution in [0.5, 0.6) is 0 Å². The number of nitrogens with one attached hydrogen (secondary N) is 1. The molecule has 0 aliphatic carbocycles. The van der Waals surface area contributed by atoms with Crippen molar-refractivity contribution in [1.29, 1.82) is 0 Å². The summed E-state index contributed by atoms with van der Waals surface area (Å²) in [6.07, 6.45) is 1.32. The quantitative estimate of drug-likeness (QED) is 0.675. The third kappa shape index (κ3) is 4.27. The van der Waals surface area contributed by atoms with Crippen LogP contribution in [0.2, 0.25) is 0 Å². The van der Waals surface area contributed by atoms with Gasteiger partial charge in [-0.3, -0.25) is 4.79 Å². The number of carbonyl (C=O) groups excluding carboxylic acids is 1. The van der Waals surface area contributed by atoms with E-state index in [1.54, 1.807) is 0 Å². The van der Waals surface area contributed by atoms with Crippen LogP contribution >= 0.6 is 23.1 Å². The van der Waals surface area contributed by atoms with Crippen molar-refractivity contribution in [1.82, 2.24) is 19.9 Å². The highest BCUT2D eigenvalue weighted by atomic mass is 32.2. The molecule has 0 saturated carbocycles. The monoisotopic (exact) mass is 358 g/mol. The Morgan fingerprint density at radius 3 is 2.79 bits per heavy atom. The normalized spacial score (nSPS) is 10.5. The molecule has 7 nitrogen and oxygen atoms in total. The van der Waals surface area contributed by atoms with Crippen LogP contribution in [0.1, 0.15) is 5.56 Å². The van der Waals surface area contributed by atoms with Crippen LogP contribution in [0.3, 0.4) is 0 Å². The zero-order valence-corrected chi connectivity index (χ0v) is 14.4. The zero-order valence-electron chi connectivity index (χ0n) is 12.8. The number of benzene rings is 1. The van der Waals surface area contributed by atoms with Crippen molar-refractivity contribution in [3.63, 3.8) is 0 Å². The summed E-state index contributed by atoms with van der Waals surface area (Å²) in [5, 5.41) is 5.67. The molecule has 9 heteroatoms. The van der Waals surface area contributed by atoms with Gasteiger partial charge in [-0.15, -0.1) is 11.3 Å². The van der Waals surface area contributed by atoms with E-state index in [1.807, 2.05) is 36.6 Å². The van der Waals surface area contributed by atoms with Crippen molar-refractivity contribution in [2.75, 3.05) is 16.8 Å². The zero-order chi connectivity index (χ0) is 16.9. The fourth-order valence-electron chi connectivity index (χ4n) is 1.84. The second kappa shape index (κ2) is 7.37. The molecule has 1 amide bonds. The van der Waals surface area contributed by atoms with E-state index in [0.29, 0.717) is 10.3 Å². The first kappa shape index (κ1) is 16.3. The number of aryl methyl sites for hydroxylation is 1. The molecule has 0 bridgehead atoms. The lowest BCUT2D eigenvalue weighted by molar-refractivity contribution is -0.113. The molecule has 0 aliphatic rings. The highest BCUT2D eigenvalue weighted by molar-refractivity contribution is 7.99. The first-order chi connectivity index (χ1) is 11.6. The Labute approximate surface area is 146 Å². The topological polar surface area (TPSA) is 107 Å². The number of amides is 1. The minimum absolute atomic E-state index is 0.135. The van der Waals surface area contributed by atoms with Gasteiger partial charge in [0.1, 0.15) is 6.33 Å². The van der Waals surface area contributed by atoms with E-state index < -0.39 is 0 Å². The first-order valence-corrected chi connectivity index (χ1v) is 8.86. The molecule has 3 aromatic rings. The molecule has 3 N–H and O–H groups in total. The highest BCUT2D eigenvalue weighted by Gasteiger charge is 2.09. The van der Waals surface area contributed by atoms with Gasteiger partial charge in [0, 0.05) is 10.9 Å². The van der Waals surface area contributed by atoms with Crippen molar-refractivity contribution in [2.24, 2.45) is 0 Å². The molecule has 3 rings (SSSR count). The number of nitrogen functional groups attached to an aromatic ring is 1. The third-order valence-electron chi connectivity index (χ3n) is 3.00. The number of hydrogen-bond acceptors (Lipinski definition) is 8. The maximum atomic E-state index is 12.0. The van der Waals surface area contributed by atoms with Crippen LogP contribution in [0.4, 0.5) is 11.1 Å². The number of anilines is 2. The lowest BCUT2D eigenvalue weighted by Gasteiger charge is -2.01. The van der Waals surface area contributed by atoms with E-state index in [9.17, 15) is 4.79 Å². The van der Waals surface area contributed by atoms with Crippen molar-refractivity contribution in [3.8, 4) is 11.3 Å². The Kier molecular flexibility index (Phi) is 5.02. The second-order valence-electron chi connectivity index (χ2n) is 4.87. The molecule has 0 aliphatic heterocycles. The minimum Gasteiger partial charge on any atom is -0.368 e. The largest absolute Gasteiger partial charge is 0.368 e. The number of thiazole rings is 1. The lowest BCUT2D eigenvalue weighted by Crippen LogP contribution is -2.14. The standard InChI is InChI=1S/C15H14N6OS2/c1-9-2-4-10(5-3-9)11-6-23-15(19-11)20-12(22)7-24-14-18-8-17-13(16)21-14/h2-6,8H,7H2,1H3,(H,19,20,22)(H2,16,17,18,21). The molecule has 0 saturated heterocycles. The summed E-state index contributed by atoms with van der Waals surface area (Å²) >= 11 is 2.58. The van der Waals surface area contributed by atoms with Gasteiger partial charge in [0.2, 0.25) is 11.9 Å². The molecule has 122 valence electrons. The summed E-state index contributed by atoms with van der Waals surface area (Å²) in [6.45, 7) is 2.04. The van der Waals surface area contributed by atoms with Gasteiger partial charge in [-0.2, -0.15) is 4.98 Å². The SMILES string of the molecule is Cc1ccc(-c2csc(NC(=O)CSc3ncnc(N)n3)n2)cc1. The lowest BCUT2D eigenvalue weighted by atomic mass is 10.1. The smallest absolute Gasteiger partial charge is 0.236 e. The van der Waals surface area contributed by atoms with E-state index >= 15 is 0 Å². The third-order valence-corrected chi connectivity index (χ3v) is 4.62. The van der Waals surface area contributed by atoms with Gasteiger partial charge in [-0.1, -0.05) is 41.6 Å². The molecule has 24 heavy (non-hydrogen) atoms. The highest BCUT2D eigenvalue weighted by Crippen LogP contribution is 2.25. The Hall–Kier alpha value is -2.52. The number of carbonyl (C=O) groups is 1. The fraction of sp³-hybridized carbons (Fsp3) is 0.133. The van der Waals surface area contributed by atoms with Crippen LogP contribution in [0, 0.1) is 6.92 Å². The summed E-state index contributed by atoms with van der Waals surface area (Å²) in [6, 6.07) is 8.09. The average Bonchev–Trinajstić information content (AvgIpc) is 3.02. The van der Waals surface area contributed by atoms with Gasteiger partial charge in [-0.25, -0.2) is 15.0 Å². The number of rotatable bonds is 5. The molecule has 2 aromatic heterocycles. The summed E-state index contributed by atoms with van der Waals surface area (Å²) < 4.78 is 0. The fourth-order valence-corrected chi connectivity index (χ4v) is 3.18. The number of hydrogen-bond donors (Lipinski definition) is 2. The second-order valence-corrected chi connectivity index (χ2v) is 6.67. The van der Waals surface area contributed by atoms with Crippen LogP contribution in [0.15, 0.2) is 41.1 Å². The Morgan fingerprint density at radius 2 is 2.04 bits per heavy atom. The van der Waals surface area contributed by atoms with E-state index in [-0.39, 0.29) is 17.6 Å². The molecule has 1 aromatic carbocycles. The number of nitrogens with two attached hydrogens (primary N) is 1. The van der Waals surface area contributed by atoms with Gasteiger partial charge in [0.25, 0.3) is 0 Å². The number of thioether (sulfide) groups is 1. The Morgan fingerprint density at radius 1 is 1.25 bits per heavy atom. The molecule has 0 fully saturated rings. The maximum Gasteiger partial charge on any atom is 0.236 e. The van der Waals surface area contributed by atoms with Crippen molar-refractivity contribution in [3.05, 3.63) is 41.5 Å². The minimum atomic E-state index is -0.177. The molecule has 0 spiro atoms. The van der Waals surface area contributed by atoms with Crippen LogP contribution in [-0.2, 0) is 4.79 Å². The molecule has 0 atom stereocenters. The van der Waals surface area contributed by atoms with Gasteiger partial charge in [-0.05, 0) is 6.92 Å². The summed E-state index contributed by atoms with van der Waals surface area (Å²) in [7, 11) is 0. The summed E-state index contributed by atoms with van der Waals surface area (Å²) in [4.78, 5) is 28.0. The van der Waals surface area contributed by atoms with E-state index in [4.69, 9.17) is 5.73 Å². The van der Waals surface area contributed by atoms with Gasteiger partial charge in [0.15, 0.2) is 10.3 Å². The predicted octanol–water partition coefficient (Wildman–Crippen LogP) is 2.62. The van der Waals surface area contributed by atoms with Crippen molar-refractivity contribution in [2.45, 2.75) is 12.1 Å².